The van der Waals surface area contributed by atoms with Gasteiger partial charge in [-0.2, -0.15) is 0 Å². The summed E-state index contributed by atoms with van der Waals surface area (Å²) in [7, 11) is 0. The van der Waals surface area contributed by atoms with E-state index in [-0.39, 0.29) is 36.6 Å². The Kier molecular flexibility index (Phi) is 11.7. The Morgan fingerprint density at radius 2 is 2.03 bits per heavy atom. The van der Waals surface area contributed by atoms with E-state index >= 15 is 4.39 Å². The molecule has 216 valence electrons. The van der Waals surface area contributed by atoms with Crippen LogP contribution in [-0.4, -0.2) is 63.0 Å². The van der Waals surface area contributed by atoms with Gasteiger partial charge in [0, 0.05) is 29.9 Å². The molecular weight excluding hydrogens is 584 g/mol. The van der Waals surface area contributed by atoms with E-state index in [1.165, 1.54) is 6.92 Å². The normalized spacial score (nSPS) is 24.2. The van der Waals surface area contributed by atoms with E-state index in [0.717, 1.165) is 28.6 Å². The van der Waals surface area contributed by atoms with Crippen molar-refractivity contribution in [3.8, 4) is 0 Å². The second-order valence-corrected chi connectivity index (χ2v) is 14.8. The van der Waals surface area contributed by atoms with Crippen LogP contribution < -0.4 is 16.3 Å². The lowest BCUT2D eigenvalue weighted by atomic mass is 10.00. The van der Waals surface area contributed by atoms with Gasteiger partial charge in [0.2, 0.25) is 5.13 Å². The van der Waals surface area contributed by atoms with Crippen molar-refractivity contribution in [3.63, 3.8) is 0 Å². The number of nitrogens with one attached hydrogen (secondary N) is 2. The lowest BCUT2D eigenvalue weighted by Crippen LogP contribution is -2.37. The number of carbonyl (C=O) groups excluding carboxylic acids is 2. The van der Waals surface area contributed by atoms with Crippen LogP contribution in [0.3, 0.4) is 0 Å². The Balaban J connectivity index is 2.10. The van der Waals surface area contributed by atoms with Gasteiger partial charge in [-0.15, -0.1) is 0 Å². The first-order valence-electron chi connectivity index (χ1n) is 11.8. The van der Waals surface area contributed by atoms with Crippen LogP contribution in [-0.2, 0) is 39.9 Å². The van der Waals surface area contributed by atoms with Gasteiger partial charge in [-0.25, -0.2) is 14.3 Å². The number of hydrogen-bond acceptors (Lipinski definition) is 10. The van der Waals surface area contributed by atoms with E-state index in [1.807, 2.05) is 4.98 Å². The fraction of sp³-hybridized carbons (Fsp3) is 0.727. The van der Waals surface area contributed by atoms with Crippen LogP contribution in [0.4, 0.5) is 4.39 Å². The van der Waals surface area contributed by atoms with Gasteiger partial charge < -0.3 is 18.5 Å². The van der Waals surface area contributed by atoms with Gasteiger partial charge in [0.15, 0.2) is 11.3 Å². The number of aromatic amines is 1. The summed E-state index contributed by atoms with van der Waals surface area (Å²) in [6.45, 7) is 6.72. The number of nitrogens with zero attached hydrogens (tertiary/aromatic N) is 1. The molecule has 1 saturated heterocycles. The maximum atomic E-state index is 15.1. The molecule has 1 aromatic rings. The number of ether oxygens (including phenoxy) is 2. The third kappa shape index (κ3) is 9.81. The largest absolute Gasteiger partial charge is 0.462 e. The van der Waals surface area contributed by atoms with Crippen LogP contribution in [0.15, 0.2) is 21.9 Å². The number of halogens is 2. The maximum Gasteiger partial charge on any atom is 0.330 e. The number of rotatable bonds is 12. The molecule has 1 aliphatic heterocycles. The zero-order valence-electron chi connectivity index (χ0n) is 22.0. The third-order valence-corrected chi connectivity index (χ3v) is 9.21. The number of hydrogen-bond donors (Lipinski definition) is 2. The highest BCUT2D eigenvalue weighted by atomic mass is 35.5. The summed E-state index contributed by atoms with van der Waals surface area (Å²) < 4.78 is 38.5. The molecule has 0 bridgehead atoms. The summed E-state index contributed by atoms with van der Waals surface area (Å²) in [5.41, 5.74) is -2.07. The van der Waals surface area contributed by atoms with E-state index in [9.17, 15) is 19.2 Å². The quantitative estimate of drug-likeness (QED) is 0.155. The van der Waals surface area contributed by atoms with Gasteiger partial charge in [0.1, 0.15) is 6.04 Å². The molecule has 16 heteroatoms. The highest BCUT2D eigenvalue weighted by molar-refractivity contribution is 8.13. The number of alkyl halides is 2. The minimum absolute atomic E-state index is 0.0264. The summed E-state index contributed by atoms with van der Waals surface area (Å²) in [6, 6.07) is 0.149. The Morgan fingerprint density at radius 3 is 2.61 bits per heavy atom. The zero-order chi connectivity index (χ0) is 28.9. The van der Waals surface area contributed by atoms with E-state index in [2.05, 4.69) is 5.09 Å². The molecule has 0 spiro atoms. The lowest BCUT2D eigenvalue weighted by molar-refractivity contribution is -0.149. The summed E-state index contributed by atoms with van der Waals surface area (Å²) in [4.78, 5) is 50.0. The van der Waals surface area contributed by atoms with E-state index in [1.54, 1.807) is 34.6 Å². The van der Waals surface area contributed by atoms with Crippen molar-refractivity contribution in [2.24, 2.45) is 5.41 Å². The molecule has 38 heavy (non-hydrogen) atoms. The molecule has 0 aromatic carbocycles. The summed E-state index contributed by atoms with van der Waals surface area (Å²) in [5.74, 6) is -0.284. The Labute approximate surface area is 234 Å². The predicted molar refractivity (Wildman–Crippen MR) is 146 cm³/mol. The van der Waals surface area contributed by atoms with Crippen LogP contribution in [0.25, 0.3) is 0 Å². The monoisotopic (exact) mass is 617 g/mol. The smallest absolute Gasteiger partial charge is 0.330 e. The van der Waals surface area contributed by atoms with Crippen LogP contribution in [0.5, 0.6) is 0 Å². The molecule has 11 nitrogen and oxygen atoms in total. The van der Waals surface area contributed by atoms with Crippen molar-refractivity contribution in [1.82, 2.24) is 14.6 Å². The van der Waals surface area contributed by atoms with E-state index < -0.39 is 52.8 Å². The second-order valence-electron chi connectivity index (χ2n) is 9.94. The Bertz CT molecular complexity index is 1160. The SMILES string of the molecule is CC(C)OC(=O)[C@@H](C)N[P@](=S)(OCCSC(=O)C(C)(C)C)OC[C@@H]1C[C@@](F)(Cl)[C@H](n2ccc(=O)[nH]c2=O)O1. The summed E-state index contributed by atoms with van der Waals surface area (Å²) in [6.07, 6.45) is -2.11. The molecule has 2 heterocycles. The second kappa shape index (κ2) is 13.5. The van der Waals surface area contributed by atoms with Gasteiger partial charge in [0.05, 0.1) is 25.4 Å². The first-order valence-corrected chi connectivity index (χ1v) is 15.8. The van der Waals surface area contributed by atoms with E-state index in [0.29, 0.717) is 0 Å². The standard InChI is InChI=1S/C22H34ClFN3O8PS2/c1-13(2)34-17(29)14(3)26-36(37,32-9-10-38-19(30)21(4,5)6)33-12-15-11-22(23,24)18(35-15)27-8-7-16(28)25-20(27)31/h7-8,13-15,18H,9-12H2,1-6H3,(H,26,37)(H,25,28,31)/t14-,15+,18-,22+,36+/m1/s1. The number of H-pyrrole nitrogens is 1. The van der Waals surface area contributed by atoms with Crippen molar-refractivity contribution >= 4 is 52.9 Å². The molecule has 2 N–H and O–H groups in total. The maximum absolute atomic E-state index is 15.1. The van der Waals surface area contributed by atoms with Gasteiger partial charge in [0.25, 0.3) is 12.2 Å². The number of thioether (sulfide) groups is 1. The number of carbonyl (C=O) groups is 2. The first-order chi connectivity index (χ1) is 17.4. The number of esters is 1. The first kappa shape index (κ1) is 33.1. The molecule has 2 rings (SSSR count). The molecule has 1 fully saturated rings. The van der Waals surface area contributed by atoms with Crippen molar-refractivity contribution in [2.45, 2.75) is 77.6 Å². The van der Waals surface area contributed by atoms with Crippen molar-refractivity contribution < 1.29 is 32.5 Å². The molecule has 0 aliphatic carbocycles. The summed E-state index contributed by atoms with van der Waals surface area (Å²) >= 11 is 12.7. The van der Waals surface area contributed by atoms with Crippen LogP contribution in [0.1, 0.15) is 54.2 Å². The van der Waals surface area contributed by atoms with Gasteiger partial charge in [-0.1, -0.05) is 44.1 Å². The Morgan fingerprint density at radius 1 is 1.37 bits per heavy atom. The number of aromatic nitrogens is 2. The van der Waals surface area contributed by atoms with Gasteiger partial charge in [-0.3, -0.25) is 23.9 Å². The average molecular weight is 618 g/mol. The molecule has 5 atom stereocenters. The molecule has 1 aromatic heterocycles. The molecule has 0 saturated carbocycles. The minimum atomic E-state index is -3.38. The fourth-order valence-electron chi connectivity index (χ4n) is 3.14. The molecule has 0 amide bonds. The third-order valence-electron chi connectivity index (χ3n) is 4.96. The molecular formula is C22H34ClFN3O8PS2. The average Bonchev–Trinajstić information content (AvgIpc) is 3.08. The van der Waals surface area contributed by atoms with Gasteiger partial charge in [-0.05, 0) is 32.6 Å². The van der Waals surface area contributed by atoms with E-state index in [4.69, 9.17) is 41.9 Å². The topological polar surface area (TPSA) is 138 Å². The zero-order valence-corrected chi connectivity index (χ0v) is 25.3. The highest BCUT2D eigenvalue weighted by Gasteiger charge is 2.50. The van der Waals surface area contributed by atoms with Gasteiger partial charge >= 0.3 is 11.7 Å². The molecule has 1 aliphatic rings. The highest BCUT2D eigenvalue weighted by Crippen LogP contribution is 2.48. The molecule has 0 radical (unpaired) electrons. The van der Waals surface area contributed by atoms with Crippen LogP contribution in [0.2, 0.25) is 0 Å². The minimum Gasteiger partial charge on any atom is -0.462 e. The fourth-order valence-corrected chi connectivity index (χ4v) is 6.75. The lowest BCUT2D eigenvalue weighted by Gasteiger charge is -2.27. The summed E-state index contributed by atoms with van der Waals surface area (Å²) in [5, 5.41) is 0.348. The van der Waals surface area contributed by atoms with Crippen molar-refractivity contribution in [1.29, 1.82) is 0 Å². The predicted octanol–water partition coefficient (Wildman–Crippen LogP) is 3.22. The molecule has 0 unspecified atom stereocenters. The van der Waals surface area contributed by atoms with Crippen molar-refractivity contribution in [2.75, 3.05) is 19.0 Å². The Hall–Kier alpha value is -1.12. The van der Waals surface area contributed by atoms with Crippen LogP contribution in [0, 0.1) is 5.41 Å². The van der Waals surface area contributed by atoms with Crippen LogP contribution >= 0.6 is 30.0 Å². The van der Waals surface area contributed by atoms with Crippen molar-refractivity contribution in [3.05, 3.63) is 33.1 Å².